The zero-order chi connectivity index (χ0) is 19.1. The minimum atomic E-state index is -0.700. The van der Waals surface area contributed by atoms with Crippen LogP contribution in [-0.4, -0.2) is 53.5 Å². The normalized spacial score (nSPS) is 18.2. The molecule has 1 saturated heterocycles. The van der Waals surface area contributed by atoms with Crippen molar-refractivity contribution >= 4 is 35.6 Å². The molecule has 2 amide bonds. The predicted molar refractivity (Wildman–Crippen MR) is 102 cm³/mol. The topological polar surface area (TPSA) is 75.7 Å². The summed E-state index contributed by atoms with van der Waals surface area (Å²) in [5.74, 6) is -0.228. The lowest BCUT2D eigenvalue weighted by Gasteiger charge is -2.29. The Kier molecular flexibility index (Phi) is 7.26. The first-order chi connectivity index (χ1) is 12.4. The Morgan fingerprint density at radius 2 is 1.96 bits per heavy atom. The van der Waals surface area contributed by atoms with Crippen LogP contribution in [0.25, 0.3) is 6.08 Å². The van der Waals surface area contributed by atoms with Crippen LogP contribution >= 0.6 is 11.8 Å². The summed E-state index contributed by atoms with van der Waals surface area (Å²) >= 11 is 1.50. The lowest BCUT2D eigenvalue weighted by atomic mass is 10.0. The maximum Gasteiger partial charge on any atom is 0.329 e. The molecule has 7 heteroatoms. The van der Waals surface area contributed by atoms with Gasteiger partial charge in [0.15, 0.2) is 0 Å². The average molecular weight is 376 g/mol. The first-order valence-electron chi connectivity index (χ1n) is 8.43. The lowest BCUT2D eigenvalue weighted by molar-refractivity contribution is -0.151. The first kappa shape index (κ1) is 20.0. The van der Waals surface area contributed by atoms with E-state index >= 15 is 0 Å². The highest BCUT2D eigenvalue weighted by atomic mass is 32.2. The number of amides is 2. The van der Waals surface area contributed by atoms with Gasteiger partial charge >= 0.3 is 5.97 Å². The zero-order valence-corrected chi connectivity index (χ0v) is 16.0. The molecular formula is C19H24N2O4S. The highest BCUT2D eigenvalue weighted by Crippen LogP contribution is 2.23. The molecule has 0 unspecified atom stereocenters. The number of rotatable bonds is 6. The van der Waals surface area contributed by atoms with Gasteiger partial charge in [0.25, 0.3) is 0 Å². The van der Waals surface area contributed by atoms with Crippen molar-refractivity contribution in [3.05, 3.63) is 42.0 Å². The van der Waals surface area contributed by atoms with Gasteiger partial charge in [0, 0.05) is 11.8 Å². The maximum absolute atomic E-state index is 12.9. The van der Waals surface area contributed by atoms with Gasteiger partial charge < -0.3 is 15.0 Å². The van der Waals surface area contributed by atoms with Gasteiger partial charge in [-0.2, -0.15) is 0 Å². The van der Waals surface area contributed by atoms with Crippen LogP contribution < -0.4 is 5.32 Å². The van der Waals surface area contributed by atoms with E-state index in [4.69, 9.17) is 4.74 Å². The number of methoxy groups -OCH3 is 1. The molecular weight excluding hydrogens is 352 g/mol. The minimum Gasteiger partial charge on any atom is -0.467 e. The molecule has 2 atom stereocenters. The summed E-state index contributed by atoms with van der Waals surface area (Å²) in [6.45, 7) is 3.72. The van der Waals surface area contributed by atoms with Crippen LogP contribution in [0.3, 0.4) is 0 Å². The van der Waals surface area contributed by atoms with Gasteiger partial charge in [0.05, 0.1) is 13.0 Å². The average Bonchev–Trinajstić information content (AvgIpc) is 3.13. The zero-order valence-electron chi connectivity index (χ0n) is 15.2. The van der Waals surface area contributed by atoms with Gasteiger partial charge in [-0.15, -0.1) is 11.8 Å². The molecule has 0 aliphatic carbocycles. The fourth-order valence-corrected chi connectivity index (χ4v) is 3.77. The second kappa shape index (κ2) is 9.43. The number of hydrogen-bond donors (Lipinski definition) is 1. The van der Waals surface area contributed by atoms with E-state index in [1.54, 1.807) is 6.08 Å². The molecule has 0 saturated carbocycles. The highest BCUT2D eigenvalue weighted by molar-refractivity contribution is 7.99. The van der Waals surface area contributed by atoms with E-state index in [0.717, 1.165) is 5.56 Å². The van der Waals surface area contributed by atoms with Crippen LogP contribution in [0.5, 0.6) is 0 Å². The standard InChI is InChI=1S/C19H24N2O4S/c1-13(2)17(18(23)21-12-26-11-15(21)19(24)25-3)20-16(22)10-9-14-7-5-4-6-8-14/h4-10,13,15,17H,11-12H2,1-3H3,(H,20,22)/b10-9+/t15-,17-/m0/s1. The van der Waals surface area contributed by atoms with Gasteiger partial charge in [-0.1, -0.05) is 44.2 Å². The lowest BCUT2D eigenvalue weighted by Crippen LogP contribution is -2.54. The molecule has 0 bridgehead atoms. The molecule has 1 fully saturated rings. The summed E-state index contributed by atoms with van der Waals surface area (Å²) in [5, 5.41) is 2.76. The van der Waals surface area contributed by atoms with E-state index < -0.39 is 18.1 Å². The molecule has 2 rings (SSSR count). The van der Waals surface area contributed by atoms with E-state index in [9.17, 15) is 14.4 Å². The van der Waals surface area contributed by atoms with Gasteiger partial charge in [-0.05, 0) is 17.6 Å². The van der Waals surface area contributed by atoms with Crippen molar-refractivity contribution in [2.24, 2.45) is 5.92 Å². The van der Waals surface area contributed by atoms with E-state index in [1.165, 1.54) is 29.8 Å². The fraction of sp³-hybridized carbons (Fsp3) is 0.421. The van der Waals surface area contributed by atoms with Gasteiger partial charge in [0.2, 0.25) is 11.8 Å². The Balaban J connectivity index is 2.05. The second-order valence-corrected chi connectivity index (χ2v) is 7.32. The van der Waals surface area contributed by atoms with Crippen molar-refractivity contribution in [3.63, 3.8) is 0 Å². The van der Waals surface area contributed by atoms with E-state index in [2.05, 4.69) is 5.32 Å². The second-order valence-electron chi connectivity index (χ2n) is 6.32. The van der Waals surface area contributed by atoms with Crippen LogP contribution in [0.1, 0.15) is 19.4 Å². The number of carbonyl (C=O) groups is 3. The Morgan fingerprint density at radius 1 is 1.27 bits per heavy atom. The SMILES string of the molecule is COC(=O)[C@@H]1CSCN1C(=O)[C@@H](NC(=O)/C=C/c1ccccc1)C(C)C. The molecule has 0 radical (unpaired) electrons. The molecule has 1 aromatic carbocycles. The minimum absolute atomic E-state index is 0.111. The number of nitrogens with one attached hydrogen (secondary N) is 1. The first-order valence-corrected chi connectivity index (χ1v) is 9.59. The van der Waals surface area contributed by atoms with Crippen molar-refractivity contribution in [1.82, 2.24) is 10.2 Å². The molecule has 1 aliphatic heterocycles. The third kappa shape index (κ3) is 5.11. The number of carbonyl (C=O) groups excluding carboxylic acids is 3. The van der Waals surface area contributed by atoms with Crippen LogP contribution in [-0.2, 0) is 19.1 Å². The van der Waals surface area contributed by atoms with E-state index in [0.29, 0.717) is 11.6 Å². The van der Waals surface area contributed by atoms with Crippen LogP contribution in [0.15, 0.2) is 36.4 Å². The number of hydrogen-bond acceptors (Lipinski definition) is 5. The van der Waals surface area contributed by atoms with Gasteiger partial charge in [-0.25, -0.2) is 4.79 Å². The summed E-state index contributed by atoms with van der Waals surface area (Å²) < 4.78 is 4.78. The smallest absolute Gasteiger partial charge is 0.329 e. The summed E-state index contributed by atoms with van der Waals surface area (Å²) in [7, 11) is 1.31. The fourth-order valence-electron chi connectivity index (χ4n) is 2.62. The number of thioether (sulfide) groups is 1. The Bertz CT molecular complexity index is 675. The Hall–Kier alpha value is -2.28. The van der Waals surface area contributed by atoms with Gasteiger partial charge in [-0.3, -0.25) is 9.59 Å². The highest BCUT2D eigenvalue weighted by Gasteiger charge is 2.39. The summed E-state index contributed by atoms with van der Waals surface area (Å²) in [6, 6.07) is 8.14. The van der Waals surface area contributed by atoms with Gasteiger partial charge in [0.1, 0.15) is 12.1 Å². The molecule has 1 aromatic rings. The molecule has 1 N–H and O–H groups in total. The predicted octanol–water partition coefficient (Wildman–Crippen LogP) is 1.92. The summed E-state index contributed by atoms with van der Waals surface area (Å²) in [5.41, 5.74) is 0.900. The van der Waals surface area contributed by atoms with Crippen LogP contribution in [0, 0.1) is 5.92 Å². The number of esters is 1. The Labute approximate surface area is 158 Å². The molecule has 1 aliphatic rings. The van der Waals surface area contributed by atoms with Crippen molar-refractivity contribution in [2.75, 3.05) is 18.7 Å². The molecule has 1 heterocycles. The monoisotopic (exact) mass is 376 g/mol. The van der Waals surface area contributed by atoms with Crippen molar-refractivity contribution in [2.45, 2.75) is 25.9 Å². The van der Waals surface area contributed by atoms with E-state index in [1.807, 2.05) is 44.2 Å². The Morgan fingerprint density at radius 3 is 2.58 bits per heavy atom. The largest absolute Gasteiger partial charge is 0.467 e. The molecule has 26 heavy (non-hydrogen) atoms. The van der Waals surface area contributed by atoms with Crippen molar-refractivity contribution in [3.8, 4) is 0 Å². The molecule has 0 spiro atoms. The quantitative estimate of drug-likeness (QED) is 0.606. The molecule has 140 valence electrons. The van der Waals surface area contributed by atoms with Crippen molar-refractivity contribution < 1.29 is 19.1 Å². The number of benzene rings is 1. The molecule has 6 nitrogen and oxygen atoms in total. The summed E-state index contributed by atoms with van der Waals surface area (Å²) in [6.07, 6.45) is 3.11. The summed E-state index contributed by atoms with van der Waals surface area (Å²) in [4.78, 5) is 38.5. The maximum atomic E-state index is 12.9. The third-order valence-electron chi connectivity index (χ3n) is 4.10. The third-order valence-corrected chi connectivity index (χ3v) is 5.11. The molecule has 0 aromatic heterocycles. The van der Waals surface area contributed by atoms with Crippen LogP contribution in [0.2, 0.25) is 0 Å². The van der Waals surface area contributed by atoms with Crippen LogP contribution in [0.4, 0.5) is 0 Å². The van der Waals surface area contributed by atoms with E-state index in [-0.39, 0.29) is 17.7 Å². The number of nitrogens with zero attached hydrogens (tertiary/aromatic N) is 1. The van der Waals surface area contributed by atoms with Crippen molar-refractivity contribution in [1.29, 1.82) is 0 Å². The number of ether oxygens (including phenoxy) is 1.